The average Bonchev–Trinajstić information content (AvgIpc) is 1.58. The summed E-state index contributed by atoms with van der Waals surface area (Å²) in [4.78, 5) is 29.4. The average molecular weight is 1470 g/mol. The van der Waals surface area contributed by atoms with Crippen LogP contribution in [0.5, 0.6) is 0 Å². The molecular weight excluding hydrogens is 1400 g/mol. The lowest BCUT2D eigenvalue weighted by Crippen LogP contribution is -2.41. The van der Waals surface area contributed by atoms with Crippen LogP contribution in [0.2, 0.25) is 20.1 Å². The number of rotatable bonds is 9. The van der Waals surface area contributed by atoms with Crippen LogP contribution < -0.4 is 5.46 Å². The van der Waals surface area contributed by atoms with E-state index in [2.05, 4.69) is 92.2 Å². The Hall–Kier alpha value is -7.67. The molecule has 0 bridgehead atoms. The van der Waals surface area contributed by atoms with Crippen molar-refractivity contribution in [2.45, 2.75) is 117 Å². The van der Waals surface area contributed by atoms with Gasteiger partial charge in [0.15, 0.2) is 34.9 Å². The van der Waals surface area contributed by atoms with Crippen molar-refractivity contribution in [1.82, 2.24) is 29.9 Å². The van der Waals surface area contributed by atoms with Crippen LogP contribution in [0.1, 0.15) is 83.1 Å². The second-order valence-electron chi connectivity index (χ2n) is 27.6. The third kappa shape index (κ3) is 15.8. The highest BCUT2D eigenvalue weighted by molar-refractivity contribution is 9.10. The molecule has 12 nitrogen and oxygen atoms in total. The lowest BCUT2D eigenvalue weighted by Gasteiger charge is -2.32. The molecule has 12 aromatic rings. The molecule has 3 aliphatic rings. The number of nitrogens with zero attached hydrogens (tertiary/aromatic N) is 6. The van der Waals surface area contributed by atoms with Crippen molar-refractivity contribution in [3.63, 3.8) is 0 Å². The Bertz CT molecular complexity index is 4660. The first-order valence-corrected chi connectivity index (χ1v) is 35.3. The third-order valence-corrected chi connectivity index (χ3v) is 20.4. The van der Waals surface area contributed by atoms with E-state index in [4.69, 9.17) is 104 Å². The summed E-state index contributed by atoms with van der Waals surface area (Å²) in [5.41, 5.74) is 6.36. The Kier molecular flexibility index (Phi) is 21.2. The van der Waals surface area contributed by atoms with Crippen molar-refractivity contribution in [2.24, 2.45) is 0 Å². The van der Waals surface area contributed by atoms with Crippen molar-refractivity contribution in [3.05, 3.63) is 255 Å². The zero-order valence-electron chi connectivity index (χ0n) is 57.7. The number of aromatic nitrogens is 6. The fourth-order valence-electron chi connectivity index (χ4n) is 11.5. The molecule has 0 amide bonds. The highest BCUT2D eigenvalue weighted by Gasteiger charge is 2.64. The van der Waals surface area contributed by atoms with Gasteiger partial charge in [-0.1, -0.05) is 250 Å². The smallest absolute Gasteiger partial charge is 0.405 e. The van der Waals surface area contributed by atoms with Crippen molar-refractivity contribution in [1.29, 1.82) is 0 Å². The number of hydrogen-bond acceptors (Lipinski definition) is 12. The normalized spacial score (nSPS) is 16.6. The highest BCUT2D eigenvalue weighted by atomic mass is 79.9. The molecule has 0 N–H and O–H groups in total. The molecule has 20 heteroatoms. The van der Waals surface area contributed by atoms with E-state index in [1.165, 1.54) is 0 Å². The second kappa shape index (κ2) is 29.4. The molecular formula is C80H74B3BrCl4N6O6. The van der Waals surface area contributed by atoms with E-state index in [1.54, 1.807) is 24.3 Å². The van der Waals surface area contributed by atoms with Gasteiger partial charge in [0, 0.05) is 57.9 Å². The van der Waals surface area contributed by atoms with E-state index in [-0.39, 0.29) is 22.4 Å². The number of hydrogen-bond donors (Lipinski definition) is 0. The molecule has 0 spiro atoms. The minimum atomic E-state index is -0.476. The van der Waals surface area contributed by atoms with Crippen molar-refractivity contribution < 1.29 is 27.9 Å². The zero-order chi connectivity index (χ0) is 70.9. The number of fused-ring (bicyclic) bond motifs is 2. The standard InChI is InChI=1S/C31H28BN3O2.C31H19Cl2N3.C12H24B2O4.C6H3BrCl2/c1-30(2)31(3,4)37-32(36-30)26-20-19-25(23-17-11-12-18-24(23)26)29-34-27(21-13-7-5-8-14-21)33-28(35-29)22-15-9-6-10-16-22;32-23-17-22(18-24(33)19-23)25-15-16-28(27-14-8-7-13-26(25)27)31-35-29(20-9-3-1-4-10-20)34-30(36-31)21-11-5-2-6-12-21;1-9(2)10(3,4)16-13(15-9)14-17-11(5,6)12(7,8)18-14;7-4-1-5(8)3-6(9)2-4/h5-20H,1-4H3;1-19H;1-8H3;1-3H. The van der Waals surface area contributed by atoms with Gasteiger partial charge < -0.3 is 27.9 Å². The maximum absolute atomic E-state index is 6.39. The van der Waals surface area contributed by atoms with Crippen LogP contribution in [-0.2, 0) is 27.9 Å². The molecule has 3 saturated heterocycles. The minimum absolute atomic E-state index is 0.360. The molecule has 10 aromatic carbocycles. The van der Waals surface area contributed by atoms with E-state index < -0.39 is 32.3 Å². The minimum Gasteiger partial charge on any atom is -0.405 e. The number of benzene rings is 10. The monoisotopic (exact) mass is 1470 g/mol. The summed E-state index contributed by atoms with van der Waals surface area (Å²) < 4.78 is 37.5. The summed E-state index contributed by atoms with van der Waals surface area (Å²) in [7, 11) is -1.41. The zero-order valence-corrected chi connectivity index (χ0v) is 62.3. The van der Waals surface area contributed by atoms with Gasteiger partial charge in [0.05, 0.1) is 33.6 Å². The fraction of sp³-hybridized carbons (Fsp3) is 0.225. The maximum Gasteiger partial charge on any atom is 0.495 e. The first-order chi connectivity index (χ1) is 47.5. The molecule has 0 aliphatic carbocycles. The molecule has 3 aliphatic heterocycles. The van der Waals surface area contributed by atoms with Gasteiger partial charge in [0.2, 0.25) is 0 Å². The van der Waals surface area contributed by atoms with E-state index in [1.807, 2.05) is 213 Å². The summed E-state index contributed by atoms with van der Waals surface area (Å²) in [6.07, 6.45) is 0. The van der Waals surface area contributed by atoms with Crippen LogP contribution in [0.25, 0.3) is 101 Å². The molecule has 0 unspecified atom stereocenters. The molecule has 15 rings (SSSR count). The largest absolute Gasteiger partial charge is 0.495 e. The van der Waals surface area contributed by atoms with Crippen LogP contribution in [0, 0.1) is 0 Å². The molecule has 504 valence electrons. The molecule has 0 atom stereocenters. The van der Waals surface area contributed by atoms with Crippen molar-refractivity contribution in [3.8, 4) is 79.5 Å². The summed E-state index contributed by atoms with van der Waals surface area (Å²) in [6.45, 7) is 24.5. The van der Waals surface area contributed by atoms with Gasteiger partial charge in [-0.05, 0) is 164 Å². The Morgan fingerprint density at radius 3 is 0.870 bits per heavy atom. The van der Waals surface area contributed by atoms with E-state index in [0.29, 0.717) is 55.0 Å². The lowest BCUT2D eigenvalue weighted by atomic mass is 9.49. The Labute approximate surface area is 615 Å². The van der Waals surface area contributed by atoms with Crippen LogP contribution in [-0.4, -0.2) is 84.6 Å². The summed E-state index contributed by atoms with van der Waals surface area (Å²) in [5.74, 6) is 3.80. The van der Waals surface area contributed by atoms with Crippen LogP contribution in [0.3, 0.4) is 0 Å². The molecule has 100 heavy (non-hydrogen) atoms. The van der Waals surface area contributed by atoms with E-state index >= 15 is 0 Å². The van der Waals surface area contributed by atoms with Gasteiger partial charge in [0.25, 0.3) is 0 Å². The Morgan fingerprint density at radius 1 is 0.270 bits per heavy atom. The quantitative estimate of drug-likeness (QED) is 0.127. The predicted molar refractivity (Wildman–Crippen MR) is 415 cm³/mol. The topological polar surface area (TPSA) is 133 Å². The molecule has 3 fully saturated rings. The van der Waals surface area contributed by atoms with Gasteiger partial charge in [-0.3, -0.25) is 0 Å². The van der Waals surface area contributed by atoms with Gasteiger partial charge in [-0.25, -0.2) is 29.9 Å². The van der Waals surface area contributed by atoms with Crippen LogP contribution in [0.4, 0.5) is 0 Å². The molecule has 0 saturated carbocycles. The maximum atomic E-state index is 6.39. The summed E-state index contributed by atoms with van der Waals surface area (Å²) >= 11 is 27.2. The van der Waals surface area contributed by atoms with Gasteiger partial charge in [-0.15, -0.1) is 0 Å². The Balaban J connectivity index is 0.000000140. The first kappa shape index (κ1) is 72.1. The predicted octanol–water partition coefficient (Wildman–Crippen LogP) is 21.3. The Morgan fingerprint density at radius 2 is 0.530 bits per heavy atom. The van der Waals surface area contributed by atoms with Crippen LogP contribution >= 0.6 is 62.3 Å². The van der Waals surface area contributed by atoms with Crippen molar-refractivity contribution in [2.75, 3.05) is 0 Å². The summed E-state index contributed by atoms with van der Waals surface area (Å²) in [5, 5.41) is 6.70. The highest BCUT2D eigenvalue weighted by Crippen LogP contribution is 2.44. The van der Waals surface area contributed by atoms with E-state index in [9.17, 15) is 0 Å². The van der Waals surface area contributed by atoms with Crippen molar-refractivity contribution >= 4 is 110 Å². The SMILES string of the molecule is CC1(C)OB(B2OC(C)(C)C(C)(C)O2)OC1(C)C.CC1(C)OB(c2ccc(-c3nc(-c4ccccc4)nc(-c4ccccc4)n3)c3ccccc23)OC1(C)C.Clc1cc(Cl)cc(-c2ccc(-c3nc(-c4ccccc4)nc(-c4ccccc4)n3)c3ccccc23)c1.Clc1cc(Cl)cc(Br)c1. The number of halogens is 5. The molecule has 2 aromatic heterocycles. The lowest BCUT2D eigenvalue weighted by molar-refractivity contribution is 0.00578. The second-order valence-corrected chi connectivity index (χ2v) is 30.3. The van der Waals surface area contributed by atoms with Crippen LogP contribution in [0.15, 0.2) is 235 Å². The summed E-state index contributed by atoms with van der Waals surface area (Å²) in [6, 6.07) is 75.7. The molecule has 5 heterocycles. The fourth-order valence-corrected chi connectivity index (χ4v) is 13.3. The van der Waals surface area contributed by atoms with E-state index in [0.717, 1.165) is 76.0 Å². The third-order valence-electron chi connectivity index (χ3n) is 19.0. The molecule has 0 radical (unpaired) electrons. The van der Waals surface area contributed by atoms with Gasteiger partial charge >= 0.3 is 21.1 Å². The van der Waals surface area contributed by atoms with Gasteiger partial charge in [0.1, 0.15) is 0 Å². The van der Waals surface area contributed by atoms with Gasteiger partial charge in [-0.2, -0.15) is 0 Å². The first-order valence-electron chi connectivity index (χ1n) is 33.0.